The number of hydrogen-bond acceptors (Lipinski definition) is 5. The van der Waals surface area contributed by atoms with Crippen molar-refractivity contribution < 1.29 is 9.53 Å². The van der Waals surface area contributed by atoms with E-state index in [1.54, 1.807) is 38.1 Å². The number of rotatable bonds is 4. The van der Waals surface area contributed by atoms with E-state index in [0.29, 0.717) is 40.1 Å². The van der Waals surface area contributed by atoms with Gasteiger partial charge >= 0.3 is 5.97 Å². The third-order valence-corrected chi connectivity index (χ3v) is 3.90. The molecule has 0 bridgehead atoms. The Morgan fingerprint density at radius 1 is 1.27 bits per heavy atom. The summed E-state index contributed by atoms with van der Waals surface area (Å²) in [6, 6.07) is 10.3. The van der Waals surface area contributed by atoms with E-state index in [9.17, 15) is 9.59 Å². The first-order chi connectivity index (χ1) is 12.5. The quantitative estimate of drug-likeness (QED) is 0.426. The molecule has 0 spiro atoms. The average molecular weight is 350 g/mol. The van der Waals surface area contributed by atoms with Crippen LogP contribution in [0.3, 0.4) is 0 Å². The number of para-hydroxylation sites is 1. The van der Waals surface area contributed by atoms with Crippen molar-refractivity contribution >= 4 is 28.5 Å². The first kappa shape index (κ1) is 17.3. The first-order valence-electron chi connectivity index (χ1n) is 8.10. The lowest BCUT2D eigenvalue weighted by atomic mass is 10.1. The fraction of sp³-hybridized carbons (Fsp3) is 0.158. The van der Waals surface area contributed by atoms with Crippen molar-refractivity contribution in [3.05, 3.63) is 69.6 Å². The molecule has 0 unspecified atom stereocenters. The third-order valence-electron chi connectivity index (χ3n) is 3.90. The smallest absolute Gasteiger partial charge is 0.339 e. The molecule has 2 heterocycles. The standard InChI is InChI=1S/C19H18N4O3/c1-3-26-19(25)12-8-9-15(21-10-12)23-18(20)16-11(2)17(24)13-6-4-5-7-14(13)22-16/h4-10H,3H2,1-2H3,(H,22,24)(H2,20,21,23). The number of ether oxygens (including phenoxy) is 1. The van der Waals surface area contributed by atoms with Gasteiger partial charge in [-0.05, 0) is 38.1 Å². The number of pyridine rings is 2. The van der Waals surface area contributed by atoms with Crippen LogP contribution in [-0.2, 0) is 4.74 Å². The summed E-state index contributed by atoms with van der Waals surface area (Å²) in [7, 11) is 0. The number of hydrogen-bond donors (Lipinski definition) is 2. The number of nitrogens with two attached hydrogens (primary N) is 1. The van der Waals surface area contributed by atoms with Gasteiger partial charge in [0.25, 0.3) is 0 Å². The molecule has 0 fully saturated rings. The second-order valence-corrected chi connectivity index (χ2v) is 5.62. The van der Waals surface area contributed by atoms with E-state index in [-0.39, 0.29) is 11.3 Å². The molecule has 3 aromatic rings. The number of aromatic nitrogens is 2. The molecule has 0 saturated heterocycles. The van der Waals surface area contributed by atoms with Crippen LogP contribution in [0.5, 0.6) is 0 Å². The van der Waals surface area contributed by atoms with Crippen LogP contribution in [0.2, 0.25) is 0 Å². The van der Waals surface area contributed by atoms with Gasteiger partial charge in [0, 0.05) is 22.7 Å². The Morgan fingerprint density at radius 3 is 2.73 bits per heavy atom. The van der Waals surface area contributed by atoms with Crippen LogP contribution in [-0.4, -0.2) is 28.4 Å². The van der Waals surface area contributed by atoms with Crippen molar-refractivity contribution in [2.75, 3.05) is 6.61 Å². The monoisotopic (exact) mass is 350 g/mol. The Morgan fingerprint density at radius 2 is 2.04 bits per heavy atom. The van der Waals surface area contributed by atoms with Gasteiger partial charge in [-0.15, -0.1) is 0 Å². The van der Waals surface area contributed by atoms with Crippen molar-refractivity contribution in [3.63, 3.8) is 0 Å². The van der Waals surface area contributed by atoms with Crippen LogP contribution in [0.4, 0.5) is 5.82 Å². The first-order valence-corrected chi connectivity index (χ1v) is 8.10. The second kappa shape index (κ2) is 7.18. The summed E-state index contributed by atoms with van der Waals surface area (Å²) in [5, 5.41) is 0.596. The molecule has 0 aliphatic heterocycles. The maximum atomic E-state index is 12.5. The second-order valence-electron chi connectivity index (χ2n) is 5.62. The van der Waals surface area contributed by atoms with E-state index in [1.807, 2.05) is 12.1 Å². The molecule has 7 nitrogen and oxygen atoms in total. The highest BCUT2D eigenvalue weighted by molar-refractivity contribution is 6.00. The minimum absolute atomic E-state index is 0.0990. The molecule has 26 heavy (non-hydrogen) atoms. The van der Waals surface area contributed by atoms with E-state index < -0.39 is 5.97 Å². The Balaban J connectivity index is 1.97. The summed E-state index contributed by atoms with van der Waals surface area (Å²) in [6.07, 6.45) is 1.38. The van der Waals surface area contributed by atoms with E-state index in [4.69, 9.17) is 10.5 Å². The number of carbonyl (C=O) groups is 1. The Kier molecular flexibility index (Phi) is 4.79. The zero-order valence-electron chi connectivity index (χ0n) is 14.4. The van der Waals surface area contributed by atoms with Gasteiger partial charge in [0.2, 0.25) is 0 Å². The SMILES string of the molecule is CCOC(=O)c1ccc(N=C(N)c2[nH]c3ccccc3c(=O)c2C)nc1. The molecule has 0 amide bonds. The molecule has 0 saturated carbocycles. The van der Waals surface area contributed by atoms with Gasteiger partial charge in [-0.1, -0.05) is 12.1 Å². The van der Waals surface area contributed by atoms with Gasteiger partial charge in [0.1, 0.15) is 5.84 Å². The van der Waals surface area contributed by atoms with Crippen LogP contribution < -0.4 is 11.2 Å². The van der Waals surface area contributed by atoms with Crippen molar-refractivity contribution in [2.24, 2.45) is 10.7 Å². The lowest BCUT2D eigenvalue weighted by Crippen LogP contribution is -2.22. The summed E-state index contributed by atoms with van der Waals surface area (Å²) >= 11 is 0. The Labute approximate surface area is 149 Å². The fourth-order valence-electron chi connectivity index (χ4n) is 2.56. The predicted octanol–water partition coefficient (Wildman–Crippen LogP) is 2.45. The molecule has 7 heteroatoms. The number of aromatic amines is 1. The van der Waals surface area contributed by atoms with Gasteiger partial charge in [-0.2, -0.15) is 0 Å². The summed E-state index contributed by atoms with van der Waals surface area (Å²) in [6.45, 7) is 3.72. The van der Waals surface area contributed by atoms with Gasteiger partial charge in [-0.3, -0.25) is 4.79 Å². The highest BCUT2D eigenvalue weighted by Crippen LogP contribution is 2.14. The summed E-state index contributed by atoms with van der Waals surface area (Å²) in [5.74, 6) is 0.0175. The maximum absolute atomic E-state index is 12.5. The molecule has 0 aliphatic rings. The lowest BCUT2D eigenvalue weighted by molar-refractivity contribution is 0.0526. The number of esters is 1. The number of nitrogens with zero attached hydrogens (tertiary/aromatic N) is 2. The number of fused-ring (bicyclic) bond motifs is 1. The van der Waals surface area contributed by atoms with Crippen LogP contribution >= 0.6 is 0 Å². The summed E-state index contributed by atoms with van der Waals surface area (Å²) < 4.78 is 4.91. The molecule has 0 radical (unpaired) electrons. The molecular weight excluding hydrogens is 332 g/mol. The summed E-state index contributed by atoms with van der Waals surface area (Å²) in [4.78, 5) is 35.6. The Bertz CT molecular complexity index is 1050. The highest BCUT2D eigenvalue weighted by atomic mass is 16.5. The van der Waals surface area contributed by atoms with Crippen LogP contribution in [0.1, 0.15) is 28.5 Å². The molecule has 2 aromatic heterocycles. The van der Waals surface area contributed by atoms with E-state index >= 15 is 0 Å². The topological polar surface area (TPSA) is 110 Å². The zero-order valence-corrected chi connectivity index (χ0v) is 14.4. The molecule has 3 N–H and O–H groups in total. The number of aliphatic imine (C=N–C) groups is 1. The summed E-state index contributed by atoms with van der Waals surface area (Å²) in [5.41, 5.74) is 7.93. The maximum Gasteiger partial charge on any atom is 0.339 e. The van der Waals surface area contributed by atoms with Crippen LogP contribution in [0, 0.1) is 6.92 Å². The molecule has 0 aliphatic carbocycles. The van der Waals surface area contributed by atoms with Crippen molar-refractivity contribution in [1.29, 1.82) is 0 Å². The number of benzene rings is 1. The fourth-order valence-corrected chi connectivity index (χ4v) is 2.56. The predicted molar refractivity (Wildman–Crippen MR) is 99.9 cm³/mol. The molecule has 3 rings (SSSR count). The average Bonchev–Trinajstić information content (AvgIpc) is 2.65. The third kappa shape index (κ3) is 3.32. The van der Waals surface area contributed by atoms with Gasteiger partial charge < -0.3 is 15.5 Å². The van der Waals surface area contributed by atoms with Crippen LogP contribution in [0.15, 0.2) is 52.4 Å². The molecular formula is C19H18N4O3. The van der Waals surface area contributed by atoms with Gasteiger partial charge in [0.05, 0.1) is 17.9 Å². The number of H-pyrrole nitrogens is 1. The van der Waals surface area contributed by atoms with Crippen LogP contribution in [0.25, 0.3) is 10.9 Å². The van der Waals surface area contributed by atoms with Crippen molar-refractivity contribution in [1.82, 2.24) is 9.97 Å². The van der Waals surface area contributed by atoms with Crippen molar-refractivity contribution in [2.45, 2.75) is 13.8 Å². The van der Waals surface area contributed by atoms with Gasteiger partial charge in [0.15, 0.2) is 11.2 Å². The number of nitrogens with one attached hydrogen (secondary N) is 1. The van der Waals surface area contributed by atoms with E-state index in [2.05, 4.69) is 15.0 Å². The minimum Gasteiger partial charge on any atom is -0.462 e. The molecule has 132 valence electrons. The largest absolute Gasteiger partial charge is 0.462 e. The Hall–Kier alpha value is -3.48. The zero-order chi connectivity index (χ0) is 18.7. The van der Waals surface area contributed by atoms with Gasteiger partial charge in [-0.25, -0.2) is 14.8 Å². The highest BCUT2D eigenvalue weighted by Gasteiger charge is 2.12. The molecule has 1 aromatic carbocycles. The van der Waals surface area contributed by atoms with E-state index in [0.717, 1.165) is 0 Å². The van der Waals surface area contributed by atoms with Crippen molar-refractivity contribution in [3.8, 4) is 0 Å². The minimum atomic E-state index is -0.446. The van der Waals surface area contributed by atoms with E-state index in [1.165, 1.54) is 6.20 Å². The number of amidine groups is 1. The number of carbonyl (C=O) groups excluding carboxylic acids is 1. The molecule has 0 atom stereocenters. The lowest BCUT2D eigenvalue weighted by Gasteiger charge is -2.08. The normalized spacial score (nSPS) is 11.5.